The number of halogens is 2. The molecule has 10 heteroatoms. The van der Waals surface area contributed by atoms with Gasteiger partial charge < -0.3 is 9.84 Å². The highest BCUT2D eigenvalue weighted by atomic mass is 32.2. The summed E-state index contributed by atoms with van der Waals surface area (Å²) >= 11 is 0. The molecule has 0 bridgehead atoms. The Morgan fingerprint density at radius 2 is 1.74 bits per heavy atom. The molecule has 0 saturated heterocycles. The summed E-state index contributed by atoms with van der Waals surface area (Å²) in [5.41, 5.74) is -0.623. The fraction of sp³-hybridized carbons (Fsp3) is 0.111. The van der Waals surface area contributed by atoms with E-state index < -0.39 is 38.6 Å². The Morgan fingerprint density at radius 1 is 1.21 bits per heavy atom. The summed E-state index contributed by atoms with van der Waals surface area (Å²) in [6.45, 7) is 0. The van der Waals surface area contributed by atoms with Gasteiger partial charge in [-0.1, -0.05) is 12.1 Å². The molecule has 0 unspecified atom stereocenters. The van der Waals surface area contributed by atoms with Crippen LogP contribution in [-0.2, 0) is 14.9 Å². The summed E-state index contributed by atoms with van der Waals surface area (Å²) in [6, 6.07) is 4.25. The molecule has 1 aromatic carbocycles. The van der Waals surface area contributed by atoms with Crippen LogP contribution in [-0.4, -0.2) is 35.3 Å². The van der Waals surface area contributed by atoms with E-state index in [2.05, 4.69) is 4.74 Å². The van der Waals surface area contributed by atoms with Crippen molar-refractivity contribution in [2.24, 2.45) is 0 Å². The van der Waals surface area contributed by atoms with Crippen LogP contribution in [0.5, 0.6) is 5.75 Å². The average molecular weight is 296 g/mol. The number of alkyl halides is 2. The van der Waals surface area contributed by atoms with Gasteiger partial charge in [-0.25, -0.2) is 9.59 Å². The van der Waals surface area contributed by atoms with Gasteiger partial charge in [0, 0.05) is 0 Å². The lowest BCUT2D eigenvalue weighted by Crippen LogP contribution is -2.40. The lowest BCUT2D eigenvalue weighted by molar-refractivity contribution is -0.151. The van der Waals surface area contributed by atoms with Gasteiger partial charge in [-0.2, -0.15) is 17.2 Å². The van der Waals surface area contributed by atoms with E-state index in [0.717, 1.165) is 12.1 Å². The largest absolute Gasteiger partial charge is 0.478 e. The number of carboxylic acid groups (broad SMARTS) is 1. The van der Waals surface area contributed by atoms with Gasteiger partial charge in [0.15, 0.2) is 0 Å². The van der Waals surface area contributed by atoms with Crippen molar-refractivity contribution in [2.45, 2.75) is 5.25 Å². The van der Waals surface area contributed by atoms with Crippen LogP contribution in [0.3, 0.4) is 0 Å². The number of rotatable bonds is 4. The third kappa shape index (κ3) is 3.03. The molecule has 0 aliphatic heterocycles. The topological polar surface area (TPSA) is 118 Å². The highest BCUT2D eigenvalue weighted by molar-refractivity contribution is 7.87. The monoisotopic (exact) mass is 296 g/mol. The maximum absolute atomic E-state index is 12.9. The first kappa shape index (κ1) is 15.0. The van der Waals surface area contributed by atoms with Crippen LogP contribution in [0.4, 0.5) is 8.78 Å². The predicted octanol–water partition coefficient (Wildman–Crippen LogP) is 0.771. The first-order chi connectivity index (χ1) is 8.57. The molecule has 0 atom stereocenters. The number of esters is 1. The summed E-state index contributed by atoms with van der Waals surface area (Å²) in [6.07, 6.45) is 0. The normalized spacial score (nSPS) is 11.9. The van der Waals surface area contributed by atoms with E-state index in [9.17, 15) is 26.8 Å². The van der Waals surface area contributed by atoms with Gasteiger partial charge in [-0.05, 0) is 12.1 Å². The molecular formula is C9H6F2O7S. The van der Waals surface area contributed by atoms with E-state index in [1.807, 2.05) is 0 Å². The second-order valence-corrected chi connectivity index (χ2v) is 4.65. The Bertz CT molecular complexity index is 623. The number of aromatic carboxylic acids is 1. The summed E-state index contributed by atoms with van der Waals surface area (Å²) < 4.78 is 58.5. The van der Waals surface area contributed by atoms with Crippen molar-refractivity contribution in [3.05, 3.63) is 29.8 Å². The molecule has 0 radical (unpaired) electrons. The third-order valence-electron chi connectivity index (χ3n) is 1.88. The second-order valence-electron chi connectivity index (χ2n) is 3.18. The zero-order valence-corrected chi connectivity index (χ0v) is 9.73. The molecule has 0 aliphatic carbocycles. The van der Waals surface area contributed by atoms with Gasteiger partial charge in [-0.15, -0.1) is 0 Å². The molecule has 0 fully saturated rings. The van der Waals surface area contributed by atoms with Crippen LogP contribution in [0.2, 0.25) is 0 Å². The van der Waals surface area contributed by atoms with Crippen LogP contribution in [0.25, 0.3) is 0 Å². The zero-order valence-electron chi connectivity index (χ0n) is 8.91. The lowest BCUT2D eigenvalue weighted by Gasteiger charge is -2.12. The number of carbonyl (C=O) groups is 2. The molecule has 104 valence electrons. The molecule has 7 nitrogen and oxygen atoms in total. The highest BCUT2D eigenvalue weighted by Crippen LogP contribution is 2.25. The number of hydrogen-bond donors (Lipinski definition) is 2. The maximum Gasteiger partial charge on any atom is 0.466 e. The van der Waals surface area contributed by atoms with E-state index in [1.54, 1.807) is 0 Å². The number of hydrogen-bond acceptors (Lipinski definition) is 5. The van der Waals surface area contributed by atoms with Gasteiger partial charge >= 0.3 is 27.3 Å². The highest BCUT2D eigenvalue weighted by Gasteiger charge is 2.54. The van der Waals surface area contributed by atoms with Crippen molar-refractivity contribution in [3.63, 3.8) is 0 Å². The average Bonchev–Trinajstić information content (AvgIpc) is 2.27. The van der Waals surface area contributed by atoms with Crippen molar-refractivity contribution >= 4 is 22.1 Å². The molecule has 0 amide bonds. The molecule has 0 spiro atoms. The van der Waals surface area contributed by atoms with Gasteiger partial charge in [0.25, 0.3) is 0 Å². The maximum atomic E-state index is 12.9. The van der Waals surface area contributed by atoms with Crippen molar-refractivity contribution in [1.29, 1.82) is 0 Å². The van der Waals surface area contributed by atoms with E-state index in [0.29, 0.717) is 0 Å². The molecule has 19 heavy (non-hydrogen) atoms. The predicted molar refractivity (Wildman–Crippen MR) is 55.5 cm³/mol. The number of carbonyl (C=O) groups excluding carboxylic acids is 1. The van der Waals surface area contributed by atoms with Crippen LogP contribution in [0.15, 0.2) is 24.3 Å². The minimum absolute atomic E-state index is 0.623. The Kier molecular flexibility index (Phi) is 3.86. The van der Waals surface area contributed by atoms with Crippen LogP contribution in [0, 0.1) is 0 Å². The van der Waals surface area contributed by atoms with E-state index in [4.69, 9.17) is 9.66 Å². The number of para-hydroxylation sites is 1. The zero-order chi connectivity index (χ0) is 14.8. The summed E-state index contributed by atoms with van der Waals surface area (Å²) in [5.74, 6) is -4.95. The summed E-state index contributed by atoms with van der Waals surface area (Å²) in [7, 11) is -6.01. The van der Waals surface area contributed by atoms with Gasteiger partial charge in [0.2, 0.25) is 0 Å². The fourth-order valence-corrected chi connectivity index (χ4v) is 1.25. The van der Waals surface area contributed by atoms with Crippen LogP contribution >= 0.6 is 0 Å². The molecule has 0 saturated carbocycles. The van der Waals surface area contributed by atoms with E-state index in [-0.39, 0.29) is 0 Å². The molecule has 2 N–H and O–H groups in total. The molecular weight excluding hydrogens is 290 g/mol. The Balaban J connectivity index is 3.12. The summed E-state index contributed by atoms with van der Waals surface area (Å²) in [4.78, 5) is 21.7. The molecule has 1 aromatic rings. The first-order valence-electron chi connectivity index (χ1n) is 4.47. The Hall–Kier alpha value is -2.07. The smallest absolute Gasteiger partial charge is 0.466 e. The first-order valence-corrected chi connectivity index (χ1v) is 5.91. The van der Waals surface area contributed by atoms with Crippen LogP contribution in [0.1, 0.15) is 10.4 Å². The summed E-state index contributed by atoms with van der Waals surface area (Å²) in [5, 5.41) is 3.50. The fourth-order valence-electron chi connectivity index (χ4n) is 0.997. The molecule has 1 rings (SSSR count). The number of carboxylic acids is 1. The van der Waals surface area contributed by atoms with Gasteiger partial charge in [-0.3, -0.25) is 4.55 Å². The Morgan fingerprint density at radius 3 is 2.21 bits per heavy atom. The SMILES string of the molecule is O=C(O)c1ccccc1OC(=O)C(F)(F)S(=O)(=O)O. The quantitative estimate of drug-likeness (QED) is 0.478. The van der Waals surface area contributed by atoms with Gasteiger partial charge in [0.1, 0.15) is 11.3 Å². The standard InChI is InChI=1S/C9H6F2O7S/c10-9(11,19(15,16)17)8(14)18-6-4-2-1-3-5(6)7(12)13/h1-4H,(H,12,13)(H,15,16,17). The van der Waals surface area contributed by atoms with Crippen molar-refractivity contribution in [1.82, 2.24) is 0 Å². The third-order valence-corrected chi connectivity index (χ3v) is 2.70. The lowest BCUT2D eigenvalue weighted by atomic mass is 10.2. The molecule has 0 heterocycles. The van der Waals surface area contributed by atoms with Gasteiger partial charge in [0.05, 0.1) is 0 Å². The van der Waals surface area contributed by atoms with Crippen molar-refractivity contribution < 1.29 is 41.2 Å². The second kappa shape index (κ2) is 4.90. The van der Waals surface area contributed by atoms with Crippen molar-refractivity contribution in [3.8, 4) is 5.75 Å². The minimum atomic E-state index is -6.01. The van der Waals surface area contributed by atoms with Crippen molar-refractivity contribution in [2.75, 3.05) is 0 Å². The Labute approximate surface area is 105 Å². The molecule has 0 aliphatic rings. The van der Waals surface area contributed by atoms with Crippen LogP contribution < -0.4 is 4.74 Å². The number of ether oxygens (including phenoxy) is 1. The minimum Gasteiger partial charge on any atom is -0.478 e. The van der Waals surface area contributed by atoms with E-state index >= 15 is 0 Å². The number of benzene rings is 1. The van der Waals surface area contributed by atoms with E-state index in [1.165, 1.54) is 12.1 Å². The molecule has 0 aromatic heterocycles.